The van der Waals surface area contributed by atoms with Gasteiger partial charge >= 0.3 is 5.97 Å². The molecule has 1 aromatic carbocycles. The summed E-state index contributed by atoms with van der Waals surface area (Å²) in [6.07, 6.45) is 0. The highest BCUT2D eigenvalue weighted by Crippen LogP contribution is 2.19. The third kappa shape index (κ3) is 3.76. The third-order valence-corrected chi connectivity index (χ3v) is 2.62. The molecule has 0 amide bonds. The SMILES string of the molecule is Cc1ccc(C)c(C(NCCN=[N+]=[N-])C(=O)O)c1. The van der Waals surface area contributed by atoms with Gasteiger partial charge in [0.05, 0.1) is 0 Å². The molecule has 0 saturated heterocycles. The highest BCUT2D eigenvalue weighted by atomic mass is 16.4. The van der Waals surface area contributed by atoms with Gasteiger partial charge in [0.1, 0.15) is 6.04 Å². The summed E-state index contributed by atoms with van der Waals surface area (Å²) in [6.45, 7) is 4.35. The Morgan fingerprint density at radius 3 is 2.89 bits per heavy atom. The maximum absolute atomic E-state index is 11.3. The van der Waals surface area contributed by atoms with E-state index in [2.05, 4.69) is 15.3 Å². The van der Waals surface area contributed by atoms with Crippen LogP contribution >= 0.6 is 0 Å². The Morgan fingerprint density at radius 2 is 2.28 bits per heavy atom. The molecule has 0 aliphatic carbocycles. The van der Waals surface area contributed by atoms with Crippen molar-refractivity contribution < 1.29 is 9.90 Å². The molecule has 18 heavy (non-hydrogen) atoms. The fourth-order valence-electron chi connectivity index (χ4n) is 1.70. The minimum absolute atomic E-state index is 0.227. The van der Waals surface area contributed by atoms with Crippen LogP contribution in [-0.4, -0.2) is 24.2 Å². The second kappa shape index (κ2) is 6.64. The fraction of sp³-hybridized carbons (Fsp3) is 0.417. The lowest BCUT2D eigenvalue weighted by atomic mass is 9.99. The molecular weight excluding hydrogens is 232 g/mol. The van der Waals surface area contributed by atoms with Crippen LogP contribution in [0.3, 0.4) is 0 Å². The van der Waals surface area contributed by atoms with Crippen LogP contribution in [0.25, 0.3) is 10.4 Å². The van der Waals surface area contributed by atoms with E-state index >= 15 is 0 Å². The minimum Gasteiger partial charge on any atom is -0.480 e. The van der Waals surface area contributed by atoms with Crippen molar-refractivity contribution >= 4 is 5.97 Å². The molecule has 1 unspecified atom stereocenters. The molecule has 0 bridgehead atoms. The first-order valence-corrected chi connectivity index (χ1v) is 5.60. The molecule has 96 valence electrons. The molecular formula is C12H16N4O2. The molecule has 2 N–H and O–H groups in total. The van der Waals surface area contributed by atoms with Gasteiger partial charge in [0.2, 0.25) is 0 Å². The Labute approximate surface area is 105 Å². The lowest BCUT2D eigenvalue weighted by Gasteiger charge is -2.17. The van der Waals surface area contributed by atoms with E-state index in [0.717, 1.165) is 16.7 Å². The van der Waals surface area contributed by atoms with Crippen molar-refractivity contribution in [3.05, 3.63) is 45.3 Å². The van der Waals surface area contributed by atoms with Gasteiger partial charge in [-0.2, -0.15) is 0 Å². The summed E-state index contributed by atoms with van der Waals surface area (Å²) in [4.78, 5) is 13.9. The third-order valence-electron chi connectivity index (χ3n) is 2.62. The molecule has 0 aromatic heterocycles. The Morgan fingerprint density at radius 1 is 1.56 bits per heavy atom. The molecule has 1 rings (SSSR count). The van der Waals surface area contributed by atoms with Crippen LogP contribution in [0.4, 0.5) is 0 Å². The number of azide groups is 1. The van der Waals surface area contributed by atoms with Crippen LogP contribution in [-0.2, 0) is 4.79 Å². The van der Waals surface area contributed by atoms with Crippen molar-refractivity contribution in [3.63, 3.8) is 0 Å². The quantitative estimate of drug-likeness (QED) is 0.350. The van der Waals surface area contributed by atoms with Crippen molar-refractivity contribution in [2.75, 3.05) is 13.1 Å². The molecule has 0 heterocycles. The minimum atomic E-state index is -0.940. The van der Waals surface area contributed by atoms with Gasteiger partial charge in [0, 0.05) is 18.0 Å². The van der Waals surface area contributed by atoms with E-state index in [0.29, 0.717) is 6.54 Å². The number of nitrogens with zero attached hydrogens (tertiary/aromatic N) is 3. The molecule has 0 spiro atoms. The molecule has 0 fully saturated rings. The van der Waals surface area contributed by atoms with Crippen molar-refractivity contribution in [3.8, 4) is 0 Å². The summed E-state index contributed by atoms with van der Waals surface area (Å²) in [5, 5.41) is 15.5. The zero-order chi connectivity index (χ0) is 13.5. The van der Waals surface area contributed by atoms with E-state index < -0.39 is 12.0 Å². The van der Waals surface area contributed by atoms with E-state index in [1.54, 1.807) is 0 Å². The van der Waals surface area contributed by atoms with Crippen LogP contribution in [0.1, 0.15) is 22.7 Å². The zero-order valence-corrected chi connectivity index (χ0v) is 10.4. The van der Waals surface area contributed by atoms with Gasteiger partial charge in [0.15, 0.2) is 0 Å². The number of carboxylic acids is 1. The lowest BCUT2D eigenvalue weighted by Crippen LogP contribution is -2.31. The molecule has 0 aliphatic rings. The van der Waals surface area contributed by atoms with E-state index in [1.807, 2.05) is 32.0 Å². The predicted octanol–water partition coefficient (Wildman–Crippen LogP) is 2.33. The number of aliphatic carboxylic acids is 1. The number of carboxylic acid groups (broad SMARTS) is 1. The van der Waals surface area contributed by atoms with Crippen molar-refractivity contribution in [2.24, 2.45) is 5.11 Å². The molecule has 6 heteroatoms. The summed E-state index contributed by atoms with van der Waals surface area (Å²) in [5.74, 6) is -0.940. The Kier molecular flexibility index (Phi) is 5.17. The average Bonchev–Trinajstić information content (AvgIpc) is 2.32. The summed E-state index contributed by atoms with van der Waals surface area (Å²) in [7, 11) is 0. The number of hydrogen-bond donors (Lipinski definition) is 2. The van der Waals surface area contributed by atoms with Gasteiger partial charge in [-0.05, 0) is 30.5 Å². The molecule has 0 aliphatic heterocycles. The number of nitrogens with one attached hydrogen (secondary N) is 1. The Hall–Kier alpha value is -2.04. The average molecular weight is 248 g/mol. The maximum atomic E-state index is 11.3. The summed E-state index contributed by atoms with van der Waals surface area (Å²) < 4.78 is 0. The molecule has 0 saturated carbocycles. The highest BCUT2D eigenvalue weighted by Gasteiger charge is 2.20. The maximum Gasteiger partial charge on any atom is 0.325 e. The van der Waals surface area contributed by atoms with Gasteiger partial charge in [-0.3, -0.25) is 4.79 Å². The first kappa shape index (κ1) is 14.0. The fourth-order valence-corrected chi connectivity index (χ4v) is 1.70. The smallest absolute Gasteiger partial charge is 0.325 e. The van der Waals surface area contributed by atoms with E-state index in [9.17, 15) is 9.90 Å². The van der Waals surface area contributed by atoms with Crippen LogP contribution in [0, 0.1) is 13.8 Å². The monoisotopic (exact) mass is 248 g/mol. The number of rotatable bonds is 6. The number of carbonyl (C=O) groups is 1. The highest BCUT2D eigenvalue weighted by molar-refractivity contribution is 5.76. The van der Waals surface area contributed by atoms with Crippen LogP contribution in [0.5, 0.6) is 0 Å². The molecule has 6 nitrogen and oxygen atoms in total. The van der Waals surface area contributed by atoms with E-state index in [4.69, 9.17) is 5.53 Å². The van der Waals surface area contributed by atoms with Gasteiger partial charge in [0.25, 0.3) is 0 Å². The van der Waals surface area contributed by atoms with Gasteiger partial charge in [-0.1, -0.05) is 28.9 Å². The zero-order valence-electron chi connectivity index (χ0n) is 10.4. The van der Waals surface area contributed by atoms with Crippen LogP contribution in [0.15, 0.2) is 23.3 Å². The second-order valence-electron chi connectivity index (χ2n) is 4.04. The van der Waals surface area contributed by atoms with Crippen molar-refractivity contribution in [1.82, 2.24) is 5.32 Å². The topological polar surface area (TPSA) is 98.1 Å². The van der Waals surface area contributed by atoms with Crippen LogP contribution in [0.2, 0.25) is 0 Å². The van der Waals surface area contributed by atoms with Gasteiger partial charge < -0.3 is 10.4 Å². The lowest BCUT2D eigenvalue weighted by molar-refractivity contribution is -0.139. The van der Waals surface area contributed by atoms with Gasteiger partial charge in [-0.25, -0.2) is 0 Å². The van der Waals surface area contributed by atoms with E-state index in [1.165, 1.54) is 0 Å². The summed E-state index contributed by atoms with van der Waals surface area (Å²) >= 11 is 0. The molecule has 1 aromatic rings. The number of hydrogen-bond acceptors (Lipinski definition) is 3. The Balaban J connectivity index is 2.87. The molecule has 1 atom stereocenters. The number of aryl methyl sites for hydroxylation is 2. The Bertz CT molecular complexity index is 481. The van der Waals surface area contributed by atoms with E-state index in [-0.39, 0.29) is 6.54 Å². The predicted molar refractivity (Wildman–Crippen MR) is 68.3 cm³/mol. The second-order valence-corrected chi connectivity index (χ2v) is 4.04. The summed E-state index contributed by atoms with van der Waals surface area (Å²) in [6, 6.07) is 4.92. The normalized spacial score (nSPS) is 11.7. The molecule has 0 radical (unpaired) electrons. The van der Waals surface area contributed by atoms with Crippen LogP contribution < -0.4 is 5.32 Å². The first-order valence-electron chi connectivity index (χ1n) is 5.60. The largest absolute Gasteiger partial charge is 0.480 e. The first-order chi connectivity index (χ1) is 8.56. The number of benzene rings is 1. The van der Waals surface area contributed by atoms with Crippen molar-refractivity contribution in [1.29, 1.82) is 0 Å². The summed E-state index contributed by atoms with van der Waals surface area (Å²) in [5.41, 5.74) is 10.8. The van der Waals surface area contributed by atoms with Crippen molar-refractivity contribution in [2.45, 2.75) is 19.9 Å². The standard InChI is InChI=1S/C12H16N4O2/c1-8-3-4-9(2)10(7-8)11(12(17)18)14-5-6-15-16-13/h3-4,7,11,14H,5-6H2,1-2H3,(H,17,18). The van der Waals surface area contributed by atoms with Gasteiger partial charge in [-0.15, -0.1) is 0 Å².